The highest BCUT2D eigenvalue weighted by Gasteiger charge is 2.26. The van der Waals surface area contributed by atoms with E-state index in [-0.39, 0.29) is 11.8 Å². The van der Waals surface area contributed by atoms with E-state index in [9.17, 15) is 9.18 Å². The minimum Gasteiger partial charge on any atom is -0.465 e. The van der Waals surface area contributed by atoms with E-state index < -0.39 is 0 Å². The molecule has 32 heavy (non-hydrogen) atoms. The first-order valence-electron chi connectivity index (χ1n) is 10.5. The summed E-state index contributed by atoms with van der Waals surface area (Å²) in [5.41, 5.74) is 4.58. The van der Waals surface area contributed by atoms with Gasteiger partial charge in [-0.15, -0.1) is 11.3 Å². The number of hydrogen-bond acceptors (Lipinski definition) is 5. The number of halogens is 1. The Morgan fingerprint density at radius 1 is 1.25 bits per heavy atom. The number of carbonyl (C=O) groups excluding carboxylic acids is 1. The van der Waals surface area contributed by atoms with Crippen molar-refractivity contribution in [3.8, 4) is 0 Å². The lowest BCUT2D eigenvalue weighted by Gasteiger charge is -2.13. The molecule has 0 atom stereocenters. The largest absolute Gasteiger partial charge is 0.465 e. The van der Waals surface area contributed by atoms with Gasteiger partial charge >= 0.3 is 5.97 Å². The van der Waals surface area contributed by atoms with Crippen LogP contribution in [0.4, 0.5) is 15.1 Å². The molecule has 1 aliphatic carbocycles. The summed E-state index contributed by atoms with van der Waals surface area (Å²) in [6, 6.07) is 6.67. The molecule has 0 saturated heterocycles. The molecule has 4 rings (SSSR count). The number of aromatic nitrogens is 2. The third-order valence-electron chi connectivity index (χ3n) is 5.69. The van der Waals surface area contributed by atoms with Gasteiger partial charge < -0.3 is 15.4 Å². The Hall–Kier alpha value is -2.78. The van der Waals surface area contributed by atoms with Crippen LogP contribution in [-0.2, 0) is 24.1 Å². The maximum atomic E-state index is 14.1. The molecule has 0 fully saturated rings. The zero-order valence-corrected chi connectivity index (χ0v) is 19.9. The van der Waals surface area contributed by atoms with Gasteiger partial charge in [0.2, 0.25) is 0 Å². The Kier molecular flexibility index (Phi) is 6.57. The van der Waals surface area contributed by atoms with Crippen molar-refractivity contribution in [3.63, 3.8) is 0 Å². The topological polar surface area (TPSA) is 68.2 Å². The molecule has 0 unspecified atom stereocenters. The van der Waals surface area contributed by atoms with E-state index in [1.165, 1.54) is 18.1 Å². The van der Waals surface area contributed by atoms with Crippen LogP contribution in [0.2, 0.25) is 0 Å². The van der Waals surface area contributed by atoms with Crippen LogP contribution < -0.4 is 10.6 Å². The van der Waals surface area contributed by atoms with Crippen molar-refractivity contribution in [2.45, 2.75) is 46.1 Å². The smallest absolute Gasteiger partial charge is 0.341 e. The summed E-state index contributed by atoms with van der Waals surface area (Å²) in [6.45, 7) is 4.11. The lowest BCUT2D eigenvalue weighted by molar-refractivity contribution is 0.0601. The minimum absolute atomic E-state index is 0.260. The molecule has 0 aliphatic heterocycles. The predicted octanol–water partition coefficient (Wildman–Crippen LogP) is 5.22. The number of nitrogens with zero attached hydrogens (tertiary/aromatic N) is 2. The van der Waals surface area contributed by atoms with Gasteiger partial charge in [0.25, 0.3) is 0 Å². The molecule has 0 bridgehead atoms. The normalized spacial score (nSPS) is 12.9. The number of aryl methyl sites for hydroxylation is 2. The summed E-state index contributed by atoms with van der Waals surface area (Å²) in [6.07, 6.45) is 4.03. The summed E-state index contributed by atoms with van der Waals surface area (Å²) in [5.74, 6) is -0.608. The molecule has 2 aromatic heterocycles. The molecule has 6 nitrogen and oxygen atoms in total. The maximum Gasteiger partial charge on any atom is 0.341 e. The number of thiophene rings is 1. The van der Waals surface area contributed by atoms with E-state index in [0.29, 0.717) is 27.8 Å². The Labute approximate surface area is 195 Å². The number of methoxy groups -OCH3 is 1. The molecule has 0 spiro atoms. The van der Waals surface area contributed by atoms with Gasteiger partial charge in [0.05, 0.1) is 36.3 Å². The van der Waals surface area contributed by atoms with Crippen molar-refractivity contribution in [3.05, 3.63) is 63.0 Å². The number of nitrogens with one attached hydrogen (secondary N) is 2. The standard InChI is InChI=1S/C23H25FN4O2S2/c1-13-20(14(2)28(27-13)12-15-8-4-6-10-17(15)24)25-23(31)26-21-19(22(29)30-3)16-9-5-7-11-18(16)32-21/h4,6,8,10H,5,7,9,11-12H2,1-3H3,(H2,25,26,31). The van der Waals surface area contributed by atoms with Gasteiger partial charge in [-0.3, -0.25) is 4.68 Å². The summed E-state index contributed by atoms with van der Waals surface area (Å²) >= 11 is 7.11. The second-order valence-electron chi connectivity index (χ2n) is 7.78. The number of hydrogen-bond donors (Lipinski definition) is 2. The van der Waals surface area contributed by atoms with Crippen LogP contribution in [0.1, 0.15) is 50.6 Å². The second-order valence-corrected chi connectivity index (χ2v) is 9.29. The van der Waals surface area contributed by atoms with Crippen LogP contribution in [0.25, 0.3) is 0 Å². The molecule has 2 N–H and O–H groups in total. The van der Waals surface area contributed by atoms with E-state index in [0.717, 1.165) is 48.3 Å². The monoisotopic (exact) mass is 472 g/mol. The zero-order valence-electron chi connectivity index (χ0n) is 18.3. The van der Waals surface area contributed by atoms with E-state index in [1.807, 2.05) is 19.9 Å². The molecule has 9 heteroatoms. The number of esters is 1. The molecule has 3 aromatic rings. The van der Waals surface area contributed by atoms with Crippen LogP contribution in [0, 0.1) is 19.7 Å². The third-order valence-corrected chi connectivity index (χ3v) is 7.10. The fraction of sp³-hybridized carbons (Fsp3) is 0.348. The molecule has 2 heterocycles. The van der Waals surface area contributed by atoms with E-state index in [2.05, 4.69) is 15.7 Å². The Balaban J connectivity index is 1.54. The van der Waals surface area contributed by atoms with Gasteiger partial charge in [0.1, 0.15) is 10.8 Å². The number of ether oxygens (including phenoxy) is 1. The molecule has 1 aromatic carbocycles. The summed E-state index contributed by atoms with van der Waals surface area (Å²) in [4.78, 5) is 13.7. The van der Waals surface area contributed by atoms with Crippen molar-refractivity contribution in [2.24, 2.45) is 0 Å². The van der Waals surface area contributed by atoms with E-state index in [1.54, 1.807) is 28.2 Å². The van der Waals surface area contributed by atoms with Crippen LogP contribution >= 0.6 is 23.6 Å². The Morgan fingerprint density at radius 2 is 2.00 bits per heavy atom. The molecular formula is C23H25FN4O2S2. The molecule has 1 aliphatic rings. The SMILES string of the molecule is COC(=O)c1c(NC(=S)Nc2c(C)nn(Cc3ccccc3F)c2C)sc2c1CCCC2. The van der Waals surface area contributed by atoms with Crippen molar-refractivity contribution in [1.82, 2.24) is 9.78 Å². The van der Waals surface area contributed by atoms with Gasteiger partial charge in [-0.2, -0.15) is 5.10 Å². The first-order valence-corrected chi connectivity index (χ1v) is 11.7. The molecule has 0 radical (unpaired) electrons. The average Bonchev–Trinajstić information content (AvgIpc) is 3.26. The van der Waals surface area contributed by atoms with Crippen molar-refractivity contribution < 1.29 is 13.9 Å². The van der Waals surface area contributed by atoms with Gasteiger partial charge in [0.15, 0.2) is 5.11 Å². The van der Waals surface area contributed by atoms with Gasteiger partial charge in [-0.05, 0) is 63.4 Å². The summed E-state index contributed by atoms with van der Waals surface area (Å²) in [7, 11) is 1.40. The Morgan fingerprint density at radius 3 is 2.75 bits per heavy atom. The highest BCUT2D eigenvalue weighted by atomic mass is 32.1. The van der Waals surface area contributed by atoms with Crippen molar-refractivity contribution in [1.29, 1.82) is 0 Å². The Bertz CT molecular complexity index is 1190. The number of rotatable bonds is 5. The summed E-state index contributed by atoms with van der Waals surface area (Å²) in [5, 5.41) is 12.0. The lowest BCUT2D eigenvalue weighted by atomic mass is 9.95. The fourth-order valence-corrected chi connectivity index (χ4v) is 5.59. The van der Waals surface area contributed by atoms with Crippen LogP contribution in [-0.4, -0.2) is 28.0 Å². The molecule has 0 amide bonds. The molecular weight excluding hydrogens is 447 g/mol. The highest BCUT2D eigenvalue weighted by molar-refractivity contribution is 7.80. The predicted molar refractivity (Wildman–Crippen MR) is 129 cm³/mol. The zero-order chi connectivity index (χ0) is 22.8. The first kappa shape index (κ1) is 22.4. The lowest BCUT2D eigenvalue weighted by Crippen LogP contribution is -2.21. The molecule has 168 valence electrons. The number of carbonyl (C=O) groups is 1. The highest BCUT2D eigenvalue weighted by Crippen LogP contribution is 2.38. The van der Waals surface area contributed by atoms with Gasteiger partial charge in [-0.1, -0.05) is 18.2 Å². The van der Waals surface area contributed by atoms with Gasteiger partial charge in [0, 0.05) is 10.4 Å². The van der Waals surface area contributed by atoms with E-state index in [4.69, 9.17) is 17.0 Å². The number of thiocarbonyl (C=S) groups is 1. The van der Waals surface area contributed by atoms with Gasteiger partial charge in [-0.25, -0.2) is 9.18 Å². The number of benzene rings is 1. The van der Waals surface area contributed by atoms with Crippen LogP contribution in [0.5, 0.6) is 0 Å². The molecule has 0 saturated carbocycles. The van der Waals surface area contributed by atoms with Crippen LogP contribution in [0.3, 0.4) is 0 Å². The first-order chi connectivity index (χ1) is 15.4. The number of anilines is 2. The van der Waals surface area contributed by atoms with E-state index >= 15 is 0 Å². The average molecular weight is 473 g/mol. The van der Waals surface area contributed by atoms with Crippen LogP contribution in [0.15, 0.2) is 24.3 Å². The minimum atomic E-state index is -0.347. The fourth-order valence-electron chi connectivity index (χ4n) is 4.04. The quantitative estimate of drug-likeness (QED) is 0.392. The van der Waals surface area contributed by atoms with Crippen molar-refractivity contribution >= 4 is 45.3 Å². The second kappa shape index (κ2) is 9.38. The number of fused-ring (bicyclic) bond motifs is 1. The third kappa shape index (κ3) is 4.40. The maximum absolute atomic E-state index is 14.1. The summed E-state index contributed by atoms with van der Waals surface area (Å²) < 4.78 is 20.9. The van der Waals surface area contributed by atoms with Crippen molar-refractivity contribution in [2.75, 3.05) is 17.7 Å².